The molecule has 0 aliphatic rings. The molecule has 2 aromatic carbocycles. The molecule has 0 amide bonds. The lowest BCUT2D eigenvalue weighted by atomic mass is 9.72. The van der Waals surface area contributed by atoms with Crippen molar-refractivity contribution in [2.75, 3.05) is 0 Å². The molecule has 0 saturated heterocycles. The summed E-state index contributed by atoms with van der Waals surface area (Å²) >= 11 is 5.83. The minimum atomic E-state index is -0.649. The fourth-order valence-electron chi connectivity index (χ4n) is 2.43. The summed E-state index contributed by atoms with van der Waals surface area (Å²) in [6.07, 6.45) is 0. The van der Waals surface area contributed by atoms with Crippen LogP contribution >= 0.6 is 11.6 Å². The first-order valence-electron chi connectivity index (χ1n) is 6.33. The first kappa shape index (κ1) is 13.8. The lowest BCUT2D eigenvalue weighted by Gasteiger charge is -2.32. The van der Waals surface area contributed by atoms with Crippen molar-refractivity contribution in [2.45, 2.75) is 19.8 Å². The second-order valence-corrected chi connectivity index (χ2v) is 5.59. The fraction of sp³-hybridized carbons (Fsp3) is 0.235. The van der Waals surface area contributed by atoms with E-state index in [-0.39, 0.29) is 11.2 Å². The third-order valence-electron chi connectivity index (χ3n) is 3.49. The van der Waals surface area contributed by atoms with Gasteiger partial charge in [0.15, 0.2) is 0 Å². The number of carbonyl (C=O) groups is 1. The predicted molar refractivity (Wildman–Crippen MR) is 79.4 cm³/mol. The summed E-state index contributed by atoms with van der Waals surface area (Å²) in [6.45, 7) is 3.79. The number of benzene rings is 2. The van der Waals surface area contributed by atoms with E-state index in [2.05, 4.69) is 0 Å². The highest BCUT2D eigenvalue weighted by atomic mass is 35.5. The first-order valence-corrected chi connectivity index (χ1v) is 6.71. The van der Waals surface area contributed by atoms with Crippen LogP contribution in [0.5, 0.6) is 0 Å². The summed E-state index contributed by atoms with van der Waals surface area (Å²) in [4.78, 5) is 11.8. The molecule has 2 rings (SSSR count). The van der Waals surface area contributed by atoms with Crippen LogP contribution in [0.1, 0.15) is 30.9 Å². The molecule has 98 valence electrons. The SMILES string of the molecule is CC(C)(C(=O)Cl)C(c1ccccc1)c1ccccc1. The van der Waals surface area contributed by atoms with Crippen molar-refractivity contribution >= 4 is 16.8 Å². The second-order valence-electron chi connectivity index (χ2n) is 5.25. The van der Waals surface area contributed by atoms with Crippen molar-refractivity contribution in [1.82, 2.24) is 0 Å². The van der Waals surface area contributed by atoms with Crippen LogP contribution in [0, 0.1) is 5.41 Å². The molecular weight excluding hydrogens is 256 g/mol. The van der Waals surface area contributed by atoms with Gasteiger partial charge in [-0.15, -0.1) is 0 Å². The van der Waals surface area contributed by atoms with Gasteiger partial charge in [-0.3, -0.25) is 4.79 Å². The number of halogens is 1. The standard InChI is InChI=1S/C17H17ClO/c1-17(2,16(18)19)15(13-9-5-3-6-10-13)14-11-7-4-8-12-14/h3-12,15H,1-2H3. The zero-order valence-electron chi connectivity index (χ0n) is 11.1. The van der Waals surface area contributed by atoms with Crippen molar-refractivity contribution in [3.63, 3.8) is 0 Å². The molecule has 0 aliphatic carbocycles. The average molecular weight is 273 g/mol. The van der Waals surface area contributed by atoms with Gasteiger partial charge >= 0.3 is 0 Å². The van der Waals surface area contributed by atoms with E-state index < -0.39 is 5.41 Å². The zero-order valence-corrected chi connectivity index (χ0v) is 11.9. The van der Waals surface area contributed by atoms with E-state index in [0.29, 0.717) is 0 Å². The summed E-state index contributed by atoms with van der Waals surface area (Å²) in [5.74, 6) is -0.0418. The second kappa shape index (κ2) is 5.58. The molecule has 0 fully saturated rings. The van der Waals surface area contributed by atoms with Gasteiger partial charge in [0.25, 0.3) is 0 Å². The Morgan fingerprint density at radius 1 is 0.895 bits per heavy atom. The Hall–Kier alpha value is -1.60. The Bertz CT molecular complexity index is 506. The van der Waals surface area contributed by atoms with E-state index in [4.69, 9.17) is 11.6 Å². The van der Waals surface area contributed by atoms with E-state index in [1.165, 1.54) is 0 Å². The molecule has 0 N–H and O–H groups in total. The molecule has 0 atom stereocenters. The third-order valence-corrected chi connectivity index (χ3v) is 3.98. The van der Waals surface area contributed by atoms with E-state index in [1.807, 2.05) is 74.5 Å². The fourth-order valence-corrected chi connectivity index (χ4v) is 2.54. The normalized spacial score (nSPS) is 11.6. The molecule has 0 heterocycles. The number of hydrogen-bond donors (Lipinski definition) is 0. The molecule has 2 heteroatoms. The minimum Gasteiger partial charge on any atom is -0.281 e. The molecule has 0 bridgehead atoms. The molecule has 2 aromatic rings. The molecule has 0 spiro atoms. The third kappa shape index (κ3) is 2.87. The van der Waals surface area contributed by atoms with Crippen molar-refractivity contribution in [2.24, 2.45) is 5.41 Å². The lowest BCUT2D eigenvalue weighted by molar-refractivity contribution is -0.119. The van der Waals surface area contributed by atoms with E-state index in [0.717, 1.165) is 11.1 Å². The Morgan fingerprint density at radius 2 is 1.26 bits per heavy atom. The number of rotatable bonds is 4. The van der Waals surface area contributed by atoms with Crippen LogP contribution in [-0.2, 0) is 4.79 Å². The Kier molecular flexibility index (Phi) is 4.06. The highest BCUT2D eigenvalue weighted by Crippen LogP contribution is 2.42. The Morgan fingerprint density at radius 3 is 1.58 bits per heavy atom. The van der Waals surface area contributed by atoms with Gasteiger partial charge in [-0.2, -0.15) is 0 Å². The summed E-state index contributed by atoms with van der Waals surface area (Å²) in [5.41, 5.74) is 1.56. The maximum atomic E-state index is 11.8. The van der Waals surface area contributed by atoms with Gasteiger partial charge in [-0.05, 0) is 22.7 Å². The van der Waals surface area contributed by atoms with E-state index in [9.17, 15) is 4.79 Å². The van der Waals surface area contributed by atoms with Crippen LogP contribution in [0.2, 0.25) is 0 Å². The summed E-state index contributed by atoms with van der Waals surface area (Å²) in [7, 11) is 0. The van der Waals surface area contributed by atoms with Crippen LogP contribution < -0.4 is 0 Å². The molecule has 0 saturated carbocycles. The maximum Gasteiger partial charge on any atom is 0.228 e. The minimum absolute atomic E-state index is 0.0418. The molecule has 0 unspecified atom stereocenters. The van der Waals surface area contributed by atoms with Crippen molar-refractivity contribution < 1.29 is 4.79 Å². The molecule has 0 aliphatic heterocycles. The van der Waals surface area contributed by atoms with Crippen LogP contribution in [0.4, 0.5) is 0 Å². The highest BCUT2D eigenvalue weighted by molar-refractivity contribution is 6.64. The molecule has 0 aromatic heterocycles. The van der Waals surface area contributed by atoms with Gasteiger partial charge in [0.05, 0.1) is 0 Å². The summed E-state index contributed by atoms with van der Waals surface area (Å²) in [6, 6.07) is 20.1. The van der Waals surface area contributed by atoms with Gasteiger partial charge in [0.2, 0.25) is 5.24 Å². The van der Waals surface area contributed by atoms with E-state index >= 15 is 0 Å². The predicted octanol–water partition coefficient (Wildman–Crippen LogP) is 4.61. The average Bonchev–Trinajstić information content (AvgIpc) is 2.41. The van der Waals surface area contributed by atoms with Crippen molar-refractivity contribution in [3.05, 3.63) is 71.8 Å². The van der Waals surface area contributed by atoms with Crippen molar-refractivity contribution in [3.8, 4) is 0 Å². The van der Waals surface area contributed by atoms with Gasteiger partial charge in [0.1, 0.15) is 0 Å². The first-order chi connectivity index (χ1) is 9.03. The lowest BCUT2D eigenvalue weighted by Crippen LogP contribution is -2.29. The quantitative estimate of drug-likeness (QED) is 0.743. The molecule has 0 radical (unpaired) electrons. The van der Waals surface area contributed by atoms with Gasteiger partial charge in [0, 0.05) is 11.3 Å². The number of carbonyl (C=O) groups excluding carboxylic acids is 1. The summed E-state index contributed by atoms with van der Waals surface area (Å²) in [5, 5.41) is -0.315. The maximum absolute atomic E-state index is 11.8. The Labute approximate surface area is 119 Å². The molecule has 1 nitrogen and oxygen atoms in total. The van der Waals surface area contributed by atoms with Gasteiger partial charge in [-0.25, -0.2) is 0 Å². The molecule has 19 heavy (non-hydrogen) atoms. The Balaban J connectivity index is 2.55. The van der Waals surface area contributed by atoms with Crippen LogP contribution in [0.3, 0.4) is 0 Å². The topological polar surface area (TPSA) is 17.1 Å². The van der Waals surface area contributed by atoms with Crippen LogP contribution in [-0.4, -0.2) is 5.24 Å². The highest BCUT2D eigenvalue weighted by Gasteiger charge is 2.37. The smallest absolute Gasteiger partial charge is 0.228 e. The van der Waals surface area contributed by atoms with E-state index in [1.54, 1.807) is 0 Å². The largest absolute Gasteiger partial charge is 0.281 e. The van der Waals surface area contributed by atoms with Gasteiger partial charge < -0.3 is 0 Å². The van der Waals surface area contributed by atoms with Crippen LogP contribution in [0.25, 0.3) is 0 Å². The zero-order chi connectivity index (χ0) is 13.9. The van der Waals surface area contributed by atoms with Crippen LogP contribution in [0.15, 0.2) is 60.7 Å². The monoisotopic (exact) mass is 272 g/mol. The molecular formula is C17H17ClO. The number of hydrogen-bond acceptors (Lipinski definition) is 1. The summed E-state index contributed by atoms with van der Waals surface area (Å²) < 4.78 is 0. The van der Waals surface area contributed by atoms with Crippen molar-refractivity contribution in [1.29, 1.82) is 0 Å². The van der Waals surface area contributed by atoms with Gasteiger partial charge in [-0.1, -0.05) is 74.5 Å².